The van der Waals surface area contributed by atoms with E-state index in [1.165, 1.54) is 18.2 Å². The maximum atomic E-state index is 12.0. The van der Waals surface area contributed by atoms with Gasteiger partial charge in [0.05, 0.1) is 10.5 Å². The molecule has 1 amide bonds. The summed E-state index contributed by atoms with van der Waals surface area (Å²) in [6.45, 7) is 3.33. The Morgan fingerprint density at radius 3 is 2.52 bits per heavy atom. The average molecular weight is 373 g/mol. The van der Waals surface area contributed by atoms with Crippen LogP contribution >= 0.6 is 15.9 Å². The van der Waals surface area contributed by atoms with Crippen LogP contribution < -0.4 is 10.3 Å². The Hall–Kier alpha value is -1.64. The molecule has 0 saturated carbocycles. The van der Waals surface area contributed by atoms with Gasteiger partial charge in [-0.3, -0.25) is 10.2 Å². The van der Waals surface area contributed by atoms with Crippen LogP contribution in [0.2, 0.25) is 0 Å². The number of sulfonamides is 1. The Morgan fingerprint density at radius 2 is 1.95 bits per heavy atom. The minimum Gasteiger partial charge on any atom is -0.466 e. The molecule has 0 atom stereocenters. The molecule has 0 spiro atoms. The van der Waals surface area contributed by atoms with E-state index in [0.29, 0.717) is 16.0 Å². The minimum absolute atomic E-state index is 0.0391. The number of aryl methyl sites for hydroxylation is 2. The van der Waals surface area contributed by atoms with E-state index in [-0.39, 0.29) is 10.5 Å². The van der Waals surface area contributed by atoms with Crippen molar-refractivity contribution in [3.63, 3.8) is 0 Å². The standard InChI is InChI=1S/C13H13BrN2O4S/c1-8-6-12(9(2)20-8)13(17)15-16-21(18,19)11-5-3-4-10(14)7-11/h3-7,16H,1-2H3,(H,15,17). The van der Waals surface area contributed by atoms with Gasteiger partial charge in [-0.2, -0.15) is 0 Å². The molecule has 0 radical (unpaired) electrons. The Labute approximate surface area is 130 Å². The van der Waals surface area contributed by atoms with E-state index in [1.54, 1.807) is 26.0 Å². The van der Waals surface area contributed by atoms with Crippen molar-refractivity contribution in [3.05, 3.63) is 51.9 Å². The van der Waals surface area contributed by atoms with Crippen molar-refractivity contribution in [3.8, 4) is 0 Å². The highest BCUT2D eigenvalue weighted by molar-refractivity contribution is 9.10. The lowest BCUT2D eigenvalue weighted by atomic mass is 10.2. The molecule has 2 N–H and O–H groups in total. The van der Waals surface area contributed by atoms with Gasteiger partial charge < -0.3 is 4.42 Å². The molecule has 6 nitrogen and oxygen atoms in total. The Bertz CT molecular complexity index is 783. The van der Waals surface area contributed by atoms with Gasteiger partial charge in [-0.25, -0.2) is 8.42 Å². The maximum Gasteiger partial charge on any atom is 0.269 e. The molecule has 0 unspecified atom stereocenters. The summed E-state index contributed by atoms with van der Waals surface area (Å²) in [5.41, 5.74) is 2.44. The molecule has 0 aliphatic rings. The van der Waals surface area contributed by atoms with Gasteiger partial charge in [0.1, 0.15) is 11.5 Å². The van der Waals surface area contributed by atoms with E-state index in [4.69, 9.17) is 4.42 Å². The zero-order valence-electron chi connectivity index (χ0n) is 11.3. The minimum atomic E-state index is -3.83. The smallest absolute Gasteiger partial charge is 0.269 e. The maximum absolute atomic E-state index is 12.0. The summed E-state index contributed by atoms with van der Waals surface area (Å²) in [4.78, 5) is 14.0. The third kappa shape index (κ3) is 3.72. The van der Waals surface area contributed by atoms with E-state index in [0.717, 1.165) is 0 Å². The Kier molecular flexibility index (Phi) is 4.50. The van der Waals surface area contributed by atoms with Crippen molar-refractivity contribution in [2.24, 2.45) is 0 Å². The first-order chi connectivity index (χ1) is 9.79. The Balaban J connectivity index is 2.12. The van der Waals surface area contributed by atoms with E-state index < -0.39 is 15.9 Å². The topological polar surface area (TPSA) is 88.4 Å². The molecule has 2 aromatic rings. The summed E-state index contributed by atoms with van der Waals surface area (Å²) >= 11 is 3.19. The lowest BCUT2D eigenvalue weighted by Crippen LogP contribution is -2.41. The molecule has 2 rings (SSSR count). The summed E-state index contributed by atoms with van der Waals surface area (Å²) in [6.07, 6.45) is 0. The fourth-order valence-corrected chi connectivity index (χ4v) is 3.17. The fraction of sp³-hybridized carbons (Fsp3) is 0.154. The quantitative estimate of drug-likeness (QED) is 0.805. The van der Waals surface area contributed by atoms with Crippen molar-refractivity contribution < 1.29 is 17.6 Å². The number of hydrogen-bond acceptors (Lipinski definition) is 4. The molecular formula is C13H13BrN2O4S. The monoisotopic (exact) mass is 372 g/mol. The van der Waals surface area contributed by atoms with Crippen molar-refractivity contribution >= 4 is 31.9 Å². The summed E-state index contributed by atoms with van der Waals surface area (Å²) < 4.78 is 29.9. The lowest BCUT2D eigenvalue weighted by molar-refractivity contribution is 0.0943. The number of hydrazine groups is 1. The molecule has 0 saturated heterocycles. The van der Waals surface area contributed by atoms with Crippen LogP contribution in [0.1, 0.15) is 21.9 Å². The number of carbonyl (C=O) groups excluding carboxylic acids is 1. The first kappa shape index (κ1) is 15.7. The predicted molar refractivity (Wildman–Crippen MR) is 80.1 cm³/mol. The molecule has 0 aliphatic carbocycles. The highest BCUT2D eigenvalue weighted by atomic mass is 79.9. The first-order valence-electron chi connectivity index (χ1n) is 5.94. The number of carbonyl (C=O) groups is 1. The summed E-state index contributed by atoms with van der Waals surface area (Å²) in [5.74, 6) is 0.419. The van der Waals surface area contributed by atoms with Gasteiger partial charge in [0.15, 0.2) is 0 Å². The number of rotatable bonds is 4. The average Bonchev–Trinajstić information content (AvgIpc) is 2.75. The van der Waals surface area contributed by atoms with E-state index in [2.05, 4.69) is 21.4 Å². The molecular weight excluding hydrogens is 360 g/mol. The normalized spacial score (nSPS) is 11.4. The number of furan rings is 1. The van der Waals surface area contributed by atoms with Crippen molar-refractivity contribution in [1.82, 2.24) is 10.3 Å². The van der Waals surface area contributed by atoms with Crippen LogP contribution in [0.4, 0.5) is 0 Å². The summed E-state index contributed by atoms with van der Waals surface area (Å²) in [6, 6.07) is 7.69. The lowest BCUT2D eigenvalue weighted by Gasteiger charge is -2.08. The molecule has 1 aromatic heterocycles. The van der Waals surface area contributed by atoms with Gasteiger partial charge in [-0.15, -0.1) is 4.83 Å². The molecule has 1 aromatic carbocycles. The van der Waals surface area contributed by atoms with Gasteiger partial charge in [0.25, 0.3) is 15.9 Å². The van der Waals surface area contributed by atoms with Crippen molar-refractivity contribution in [1.29, 1.82) is 0 Å². The van der Waals surface area contributed by atoms with Crippen LogP contribution in [0.15, 0.2) is 44.1 Å². The predicted octanol–water partition coefficient (Wildman–Crippen LogP) is 2.28. The van der Waals surface area contributed by atoms with E-state index in [1.807, 2.05) is 4.83 Å². The van der Waals surface area contributed by atoms with Crippen LogP contribution in [0.25, 0.3) is 0 Å². The SMILES string of the molecule is Cc1cc(C(=O)NNS(=O)(=O)c2cccc(Br)c2)c(C)o1. The van der Waals surface area contributed by atoms with Crippen LogP contribution in [-0.4, -0.2) is 14.3 Å². The summed E-state index contributed by atoms with van der Waals surface area (Å²) in [5, 5.41) is 0. The molecule has 8 heteroatoms. The highest BCUT2D eigenvalue weighted by Gasteiger charge is 2.18. The van der Waals surface area contributed by atoms with E-state index in [9.17, 15) is 13.2 Å². The number of halogens is 1. The van der Waals surface area contributed by atoms with Crippen LogP contribution in [0.3, 0.4) is 0 Å². The molecule has 1 heterocycles. The zero-order valence-corrected chi connectivity index (χ0v) is 13.7. The van der Waals surface area contributed by atoms with Crippen molar-refractivity contribution in [2.75, 3.05) is 0 Å². The van der Waals surface area contributed by atoms with Crippen LogP contribution in [0, 0.1) is 13.8 Å². The van der Waals surface area contributed by atoms with E-state index >= 15 is 0 Å². The molecule has 0 fully saturated rings. The number of hydrogen-bond donors (Lipinski definition) is 2. The van der Waals surface area contributed by atoms with Gasteiger partial charge in [-0.1, -0.05) is 22.0 Å². The molecule has 0 aliphatic heterocycles. The van der Waals surface area contributed by atoms with Crippen LogP contribution in [0.5, 0.6) is 0 Å². The first-order valence-corrected chi connectivity index (χ1v) is 8.22. The number of benzene rings is 1. The third-order valence-electron chi connectivity index (χ3n) is 2.69. The highest BCUT2D eigenvalue weighted by Crippen LogP contribution is 2.16. The fourth-order valence-electron chi connectivity index (χ4n) is 1.73. The number of amides is 1. The molecule has 0 bridgehead atoms. The van der Waals surface area contributed by atoms with Gasteiger partial charge in [0.2, 0.25) is 0 Å². The number of nitrogens with one attached hydrogen (secondary N) is 2. The van der Waals surface area contributed by atoms with Gasteiger partial charge in [-0.05, 0) is 38.1 Å². The molecule has 21 heavy (non-hydrogen) atoms. The van der Waals surface area contributed by atoms with Crippen molar-refractivity contribution in [2.45, 2.75) is 18.7 Å². The third-order valence-corrected chi connectivity index (χ3v) is 4.43. The van der Waals surface area contributed by atoms with Crippen LogP contribution in [-0.2, 0) is 10.0 Å². The molecule has 112 valence electrons. The van der Waals surface area contributed by atoms with Gasteiger partial charge in [0, 0.05) is 4.47 Å². The second kappa shape index (κ2) is 6.00. The second-order valence-corrected chi connectivity index (χ2v) is 6.94. The second-order valence-electron chi connectivity index (χ2n) is 4.34. The largest absolute Gasteiger partial charge is 0.466 e. The van der Waals surface area contributed by atoms with Gasteiger partial charge >= 0.3 is 0 Å². The summed E-state index contributed by atoms with van der Waals surface area (Å²) in [7, 11) is -3.83. The zero-order chi connectivity index (χ0) is 15.6. The Morgan fingerprint density at radius 1 is 1.24 bits per heavy atom.